The van der Waals surface area contributed by atoms with Crippen LogP contribution in [-0.4, -0.2) is 6.88 Å². The van der Waals surface area contributed by atoms with Gasteiger partial charge in [0.25, 0.3) is 0 Å². The van der Waals surface area contributed by atoms with E-state index >= 15 is 0 Å². The number of hydrogen-bond acceptors (Lipinski definition) is 0. The van der Waals surface area contributed by atoms with Crippen molar-refractivity contribution < 1.29 is 17.4 Å². The average molecular weight is 591 g/mol. The number of hydrogen-bond donors (Lipinski definition) is 0. The van der Waals surface area contributed by atoms with Gasteiger partial charge in [-0.2, -0.15) is 0 Å². The molecule has 0 amide bonds. The molecule has 182 valence electrons. The van der Waals surface area contributed by atoms with E-state index in [9.17, 15) is 0 Å². The molecule has 0 nitrogen and oxygen atoms in total. The van der Waals surface area contributed by atoms with Crippen LogP contribution in [0.1, 0.15) is 54.4 Å². The first-order valence-corrected chi connectivity index (χ1v) is 22.8. The Balaban J connectivity index is 0.00000204. The van der Waals surface area contributed by atoms with Crippen LogP contribution in [0.3, 0.4) is 0 Å². The number of allylic oxidation sites excluding steroid dienone is 8. The Hall–Kier alpha value is -0.920. The van der Waals surface area contributed by atoms with Gasteiger partial charge in [0, 0.05) is 0 Å². The Morgan fingerprint density at radius 2 is 0.912 bits per heavy atom. The van der Waals surface area contributed by atoms with Gasteiger partial charge in [0.2, 0.25) is 0 Å². The molecule has 0 radical (unpaired) electrons. The van der Waals surface area contributed by atoms with Crippen LogP contribution >= 0.6 is 24.8 Å². The number of benzene rings is 2. The number of halogens is 2. The van der Waals surface area contributed by atoms with E-state index in [1.165, 1.54) is 0 Å². The van der Waals surface area contributed by atoms with Crippen LogP contribution in [-0.2, 0) is 17.4 Å². The van der Waals surface area contributed by atoms with Crippen molar-refractivity contribution in [2.24, 2.45) is 10.8 Å². The van der Waals surface area contributed by atoms with Gasteiger partial charge in [-0.3, -0.25) is 0 Å². The maximum atomic E-state index is 2.45. The first-order valence-electron chi connectivity index (χ1n) is 11.9. The SMILES string of the molecule is CC(C)(C)C1=[C]([Zr](=[SiH2])([C]2=C(C(C)(C)C)C=CC2)([c]2ccccc2)[c]2ccccc2)CC=C1.Cl.Cl. The van der Waals surface area contributed by atoms with E-state index < -0.39 is 17.4 Å². The monoisotopic (exact) mass is 588 g/mol. The minimum absolute atomic E-state index is 0. The summed E-state index contributed by atoms with van der Waals surface area (Å²) in [6.07, 6.45) is 11.9. The first kappa shape index (κ1) is 29.3. The molecule has 0 saturated heterocycles. The summed E-state index contributed by atoms with van der Waals surface area (Å²) in [6, 6.07) is 23.2. The van der Waals surface area contributed by atoms with Crippen molar-refractivity contribution in [3.05, 3.63) is 103 Å². The molecule has 34 heavy (non-hydrogen) atoms. The molecule has 0 bridgehead atoms. The van der Waals surface area contributed by atoms with Gasteiger partial charge in [-0.05, 0) is 0 Å². The van der Waals surface area contributed by atoms with Gasteiger partial charge in [-0.25, -0.2) is 0 Å². The van der Waals surface area contributed by atoms with E-state index in [1.54, 1.807) is 24.3 Å². The summed E-state index contributed by atoms with van der Waals surface area (Å²) in [7, 11) is 0. The molecule has 0 unspecified atom stereocenters. The minimum Gasteiger partial charge on any atom is -0.147 e. The van der Waals surface area contributed by atoms with Gasteiger partial charge in [0.1, 0.15) is 0 Å². The fourth-order valence-electron chi connectivity index (χ4n) is 6.12. The predicted octanol–water partition coefficient (Wildman–Crippen LogP) is 7.24. The normalized spacial score (nSPS) is 16.6. The van der Waals surface area contributed by atoms with Crippen molar-refractivity contribution in [2.45, 2.75) is 54.4 Å². The molecule has 0 saturated carbocycles. The van der Waals surface area contributed by atoms with Crippen molar-refractivity contribution >= 4 is 38.2 Å². The molecule has 2 aromatic rings. The molecule has 4 heteroatoms. The van der Waals surface area contributed by atoms with E-state index in [0.29, 0.717) is 0 Å². The fraction of sp³-hybridized carbons (Fsp3) is 0.333. The summed E-state index contributed by atoms with van der Waals surface area (Å²) in [5, 5.41) is 0. The van der Waals surface area contributed by atoms with E-state index in [2.05, 4.69) is 133 Å². The van der Waals surface area contributed by atoms with E-state index in [1.807, 2.05) is 0 Å². The zero-order chi connectivity index (χ0) is 23.2. The van der Waals surface area contributed by atoms with Crippen LogP contribution in [0.2, 0.25) is 0 Å². The average Bonchev–Trinajstić information content (AvgIpc) is 3.45. The van der Waals surface area contributed by atoms with Gasteiger partial charge in [0.15, 0.2) is 0 Å². The molecule has 0 aromatic heterocycles. The standard InChI is InChI=1S/2C9H13.2C6H5.2ClH.H2Si.Zr/c2*1-9(2,3)8-6-4-5-7-8;2*1-2-4-6-5-3-1;;;;/h2*4,6H,5H2,1-3H3;2*1-5H;2*1H;1H2;. The summed E-state index contributed by atoms with van der Waals surface area (Å²) in [4.78, 5) is 0. The summed E-state index contributed by atoms with van der Waals surface area (Å²) in [5.74, 6) is 0. The summed E-state index contributed by atoms with van der Waals surface area (Å²) in [5.41, 5.74) is 3.38. The molecule has 0 fully saturated rings. The topological polar surface area (TPSA) is 0 Å². The van der Waals surface area contributed by atoms with Crippen molar-refractivity contribution in [1.82, 2.24) is 0 Å². The second kappa shape index (κ2) is 10.2. The van der Waals surface area contributed by atoms with Crippen LogP contribution in [0.25, 0.3) is 0 Å². The zero-order valence-corrected chi connectivity index (χ0v) is 27.0. The zero-order valence-electron chi connectivity index (χ0n) is 21.5. The molecule has 0 atom stereocenters. The van der Waals surface area contributed by atoms with Crippen molar-refractivity contribution in [1.29, 1.82) is 0 Å². The molecule has 0 aliphatic heterocycles. The third kappa shape index (κ3) is 4.50. The van der Waals surface area contributed by atoms with Gasteiger partial charge in [-0.15, -0.1) is 24.8 Å². The van der Waals surface area contributed by atoms with Crippen molar-refractivity contribution in [3.63, 3.8) is 0 Å². The molecular weight excluding hydrogens is 551 g/mol. The Bertz CT molecular complexity index is 1120. The maximum Gasteiger partial charge on any atom is -0.147 e. The first-order chi connectivity index (χ1) is 15.0. The molecule has 0 heterocycles. The largest absolute Gasteiger partial charge is 0.147 e. The van der Waals surface area contributed by atoms with Gasteiger partial charge in [0.05, 0.1) is 0 Å². The summed E-state index contributed by atoms with van der Waals surface area (Å²) < 4.78 is 6.66. The van der Waals surface area contributed by atoms with Gasteiger partial charge < -0.3 is 0 Å². The second-order valence-corrected chi connectivity index (χ2v) is 33.0. The second-order valence-electron chi connectivity index (χ2n) is 11.7. The van der Waals surface area contributed by atoms with Crippen LogP contribution in [0.5, 0.6) is 0 Å². The van der Waals surface area contributed by atoms with Crippen LogP contribution in [0.15, 0.2) is 103 Å². The Kier molecular flexibility index (Phi) is 8.81. The van der Waals surface area contributed by atoms with Gasteiger partial charge >= 0.3 is 199 Å². The van der Waals surface area contributed by atoms with E-state index in [4.69, 9.17) is 0 Å². The Morgan fingerprint density at radius 3 is 1.21 bits per heavy atom. The van der Waals surface area contributed by atoms with E-state index in [-0.39, 0.29) is 35.6 Å². The molecule has 0 spiro atoms. The fourth-order valence-corrected chi connectivity index (χ4v) is 30.5. The number of rotatable bonds is 4. The third-order valence-corrected chi connectivity index (χ3v) is 34.3. The third-order valence-electron chi connectivity index (χ3n) is 7.63. The minimum atomic E-state index is -4.19. The molecule has 2 aliphatic rings. The molecule has 4 rings (SSSR count). The Labute approximate surface area is 222 Å². The molecule has 2 aromatic carbocycles. The smallest absolute Gasteiger partial charge is 0.147 e. The summed E-state index contributed by atoms with van der Waals surface area (Å²) in [6.45, 7) is 16.8. The van der Waals surface area contributed by atoms with Crippen molar-refractivity contribution in [2.75, 3.05) is 0 Å². The van der Waals surface area contributed by atoms with Crippen LogP contribution in [0.4, 0.5) is 0 Å². The molecule has 0 N–H and O–H groups in total. The molecular formula is C30H40Cl2SiZr. The van der Waals surface area contributed by atoms with Crippen LogP contribution in [0, 0.1) is 10.8 Å². The van der Waals surface area contributed by atoms with Crippen LogP contribution < -0.4 is 6.54 Å². The quantitative estimate of drug-likeness (QED) is 0.330. The Morgan fingerprint density at radius 1 is 0.588 bits per heavy atom. The summed E-state index contributed by atoms with van der Waals surface area (Å²) >= 11 is -4.19. The molecule has 2 aliphatic carbocycles. The van der Waals surface area contributed by atoms with Gasteiger partial charge in [-0.1, -0.05) is 0 Å². The van der Waals surface area contributed by atoms with Crippen molar-refractivity contribution in [3.8, 4) is 0 Å². The predicted molar refractivity (Wildman–Crippen MR) is 156 cm³/mol. The van der Waals surface area contributed by atoms with E-state index in [0.717, 1.165) is 12.8 Å². The maximum absolute atomic E-state index is 4.19.